The molecular weight excluding hydrogens is 466 g/mol. The molecule has 0 N–H and O–H groups in total. The van der Waals surface area contributed by atoms with Crippen LogP contribution in [0.5, 0.6) is 5.75 Å². The van der Waals surface area contributed by atoms with Crippen LogP contribution in [-0.2, 0) is 6.54 Å². The predicted octanol–water partition coefficient (Wildman–Crippen LogP) is 7.05. The van der Waals surface area contributed by atoms with Gasteiger partial charge in [0.05, 0.1) is 34.6 Å². The molecule has 0 aliphatic heterocycles. The predicted molar refractivity (Wildman–Crippen MR) is 139 cm³/mol. The molecule has 0 aliphatic rings. The van der Waals surface area contributed by atoms with Crippen molar-refractivity contribution in [3.8, 4) is 5.75 Å². The Bertz CT molecular complexity index is 1500. The highest BCUT2D eigenvalue weighted by Gasteiger charge is 2.27. The molecule has 7 heteroatoms. The normalized spacial score (nSPS) is 11.1. The van der Waals surface area contributed by atoms with E-state index < -0.39 is 0 Å². The third-order valence-corrected chi connectivity index (χ3v) is 7.12. The van der Waals surface area contributed by atoms with Crippen LogP contribution in [0.3, 0.4) is 0 Å². The van der Waals surface area contributed by atoms with E-state index >= 15 is 0 Å². The second kappa shape index (κ2) is 9.41. The lowest BCUT2D eigenvalue weighted by Crippen LogP contribution is -2.31. The van der Waals surface area contributed by atoms with Gasteiger partial charge in [0.1, 0.15) is 5.75 Å². The minimum atomic E-state index is -0.186. The fourth-order valence-electron chi connectivity index (χ4n) is 3.97. The molecule has 170 valence electrons. The smallest absolute Gasteiger partial charge is 0.264 e. The van der Waals surface area contributed by atoms with Crippen LogP contribution in [0, 0.1) is 6.92 Å². The van der Waals surface area contributed by atoms with E-state index in [1.807, 2.05) is 80.6 Å². The Morgan fingerprint density at radius 2 is 1.88 bits per heavy atom. The van der Waals surface area contributed by atoms with Gasteiger partial charge in [0, 0.05) is 11.2 Å². The maximum atomic E-state index is 14.2. The molecule has 5 nitrogen and oxygen atoms in total. The Balaban J connectivity index is 1.69. The van der Waals surface area contributed by atoms with Gasteiger partial charge in [-0.3, -0.25) is 14.7 Å². The van der Waals surface area contributed by atoms with Crippen LogP contribution in [0.15, 0.2) is 72.9 Å². The van der Waals surface area contributed by atoms with Crippen molar-refractivity contribution in [2.45, 2.75) is 20.4 Å². The number of thiazole rings is 1. The van der Waals surface area contributed by atoms with Crippen molar-refractivity contribution in [3.63, 3.8) is 0 Å². The number of rotatable bonds is 6. The topological polar surface area (TPSA) is 55.3 Å². The zero-order chi connectivity index (χ0) is 23.7. The van der Waals surface area contributed by atoms with E-state index in [0.29, 0.717) is 28.1 Å². The number of fused-ring (bicyclic) bond motifs is 2. The largest absolute Gasteiger partial charge is 0.493 e. The lowest BCUT2D eigenvalue weighted by Gasteiger charge is -2.22. The molecule has 0 aliphatic carbocycles. The number of amides is 1. The first-order chi connectivity index (χ1) is 16.6. The monoisotopic (exact) mass is 487 g/mol. The number of halogens is 1. The van der Waals surface area contributed by atoms with Crippen LogP contribution < -0.4 is 9.64 Å². The standard InChI is InChI=1S/C27H22ClN3O2S/c1-3-33-22-13-11-18-8-4-5-10-20(18)24(22)26(32)31(16-19-9-6-7-15-29-19)27-30-25-17(2)21(28)12-14-23(25)34-27/h4-15H,3,16H2,1-2H3. The van der Waals surface area contributed by atoms with Crippen LogP contribution in [0.1, 0.15) is 28.5 Å². The van der Waals surface area contributed by atoms with Crippen molar-refractivity contribution in [2.24, 2.45) is 0 Å². The SMILES string of the molecule is CCOc1ccc2ccccc2c1C(=O)N(Cc1ccccn1)c1nc2c(C)c(Cl)ccc2s1. The Labute approximate surface area is 206 Å². The first-order valence-corrected chi connectivity index (χ1v) is 12.2. The van der Waals surface area contributed by atoms with Crippen LogP contribution in [0.2, 0.25) is 5.02 Å². The Morgan fingerprint density at radius 3 is 2.68 bits per heavy atom. The van der Waals surface area contributed by atoms with Gasteiger partial charge in [-0.1, -0.05) is 59.3 Å². The van der Waals surface area contributed by atoms with Gasteiger partial charge in [0.25, 0.3) is 5.91 Å². The number of anilines is 1. The maximum Gasteiger partial charge on any atom is 0.264 e. The minimum Gasteiger partial charge on any atom is -0.493 e. The molecule has 0 saturated carbocycles. The number of carbonyl (C=O) groups excluding carboxylic acids is 1. The first-order valence-electron chi connectivity index (χ1n) is 11.0. The zero-order valence-corrected chi connectivity index (χ0v) is 20.4. The molecule has 0 spiro atoms. The third-order valence-electron chi connectivity index (χ3n) is 5.66. The molecule has 0 saturated heterocycles. The third kappa shape index (κ3) is 4.11. The summed E-state index contributed by atoms with van der Waals surface area (Å²) in [6.45, 7) is 4.59. The van der Waals surface area contributed by atoms with Gasteiger partial charge in [0.2, 0.25) is 0 Å². The van der Waals surface area contributed by atoms with Gasteiger partial charge < -0.3 is 4.74 Å². The number of aryl methyl sites for hydroxylation is 1. The molecule has 0 radical (unpaired) electrons. The van der Waals surface area contributed by atoms with Gasteiger partial charge >= 0.3 is 0 Å². The van der Waals surface area contributed by atoms with Crippen molar-refractivity contribution in [3.05, 3.63) is 94.8 Å². The Kier molecular flexibility index (Phi) is 6.18. The summed E-state index contributed by atoms with van der Waals surface area (Å²) in [5.74, 6) is 0.367. The number of carbonyl (C=O) groups is 1. The second-order valence-electron chi connectivity index (χ2n) is 7.82. The van der Waals surface area contributed by atoms with Crippen LogP contribution >= 0.6 is 22.9 Å². The molecule has 0 unspecified atom stereocenters. The van der Waals surface area contributed by atoms with Crippen molar-refractivity contribution in [1.82, 2.24) is 9.97 Å². The Morgan fingerprint density at radius 1 is 1.06 bits per heavy atom. The van der Waals surface area contributed by atoms with Crippen molar-refractivity contribution >= 4 is 55.0 Å². The number of benzene rings is 3. The van der Waals surface area contributed by atoms with Crippen molar-refractivity contribution in [1.29, 1.82) is 0 Å². The molecular formula is C27H22ClN3O2S. The summed E-state index contributed by atoms with van der Waals surface area (Å²) >= 11 is 7.80. The molecule has 3 aromatic carbocycles. The molecule has 5 rings (SSSR count). The summed E-state index contributed by atoms with van der Waals surface area (Å²) in [5, 5.41) is 3.05. The molecule has 2 aromatic heterocycles. The molecule has 34 heavy (non-hydrogen) atoms. The van der Waals surface area contributed by atoms with E-state index in [9.17, 15) is 4.79 Å². The highest BCUT2D eigenvalue weighted by molar-refractivity contribution is 7.22. The summed E-state index contributed by atoms with van der Waals surface area (Å²) in [5.41, 5.74) is 2.98. The van der Waals surface area contributed by atoms with Gasteiger partial charge in [-0.15, -0.1) is 0 Å². The number of aromatic nitrogens is 2. The van der Waals surface area contributed by atoms with Crippen LogP contribution in [0.25, 0.3) is 21.0 Å². The average molecular weight is 488 g/mol. The van der Waals surface area contributed by atoms with Gasteiger partial charge in [-0.2, -0.15) is 0 Å². The number of hydrogen-bond acceptors (Lipinski definition) is 5. The maximum absolute atomic E-state index is 14.2. The van der Waals surface area contributed by atoms with E-state index in [1.54, 1.807) is 11.1 Å². The first kappa shape index (κ1) is 22.3. The number of nitrogens with zero attached hydrogens (tertiary/aromatic N) is 3. The van der Waals surface area contributed by atoms with Crippen LogP contribution in [-0.4, -0.2) is 22.5 Å². The van der Waals surface area contributed by atoms with Gasteiger partial charge in [-0.25, -0.2) is 4.98 Å². The number of hydrogen-bond donors (Lipinski definition) is 0. The van der Waals surface area contributed by atoms with E-state index in [0.717, 1.165) is 32.2 Å². The highest BCUT2D eigenvalue weighted by atomic mass is 35.5. The van der Waals surface area contributed by atoms with Gasteiger partial charge in [-0.05, 0) is 60.5 Å². The number of pyridine rings is 1. The van der Waals surface area contributed by atoms with Gasteiger partial charge in [0.15, 0.2) is 5.13 Å². The number of ether oxygens (including phenoxy) is 1. The average Bonchev–Trinajstić information content (AvgIpc) is 3.30. The fourth-order valence-corrected chi connectivity index (χ4v) is 5.14. The summed E-state index contributed by atoms with van der Waals surface area (Å²) in [6, 6.07) is 21.2. The summed E-state index contributed by atoms with van der Waals surface area (Å²) < 4.78 is 6.87. The lowest BCUT2D eigenvalue weighted by atomic mass is 10.0. The molecule has 0 atom stereocenters. The lowest BCUT2D eigenvalue weighted by molar-refractivity contribution is 0.0983. The Hall–Kier alpha value is -3.48. The van der Waals surface area contributed by atoms with Crippen molar-refractivity contribution < 1.29 is 9.53 Å². The zero-order valence-electron chi connectivity index (χ0n) is 18.8. The molecule has 0 bridgehead atoms. The van der Waals surface area contributed by atoms with Crippen LogP contribution in [0.4, 0.5) is 5.13 Å². The van der Waals surface area contributed by atoms with E-state index in [-0.39, 0.29) is 12.5 Å². The molecule has 5 aromatic rings. The molecule has 2 heterocycles. The molecule has 1 amide bonds. The van der Waals surface area contributed by atoms with E-state index in [4.69, 9.17) is 21.3 Å². The fraction of sp³-hybridized carbons (Fsp3) is 0.148. The highest BCUT2D eigenvalue weighted by Crippen LogP contribution is 2.37. The van der Waals surface area contributed by atoms with E-state index in [1.165, 1.54) is 11.3 Å². The summed E-state index contributed by atoms with van der Waals surface area (Å²) in [4.78, 5) is 25.2. The quantitative estimate of drug-likeness (QED) is 0.257. The minimum absolute atomic E-state index is 0.186. The molecule has 0 fully saturated rings. The van der Waals surface area contributed by atoms with E-state index in [2.05, 4.69) is 4.98 Å². The van der Waals surface area contributed by atoms with Crippen molar-refractivity contribution in [2.75, 3.05) is 11.5 Å². The summed E-state index contributed by atoms with van der Waals surface area (Å²) in [7, 11) is 0. The summed E-state index contributed by atoms with van der Waals surface area (Å²) in [6.07, 6.45) is 1.73. The second-order valence-corrected chi connectivity index (χ2v) is 9.24.